The minimum atomic E-state index is -0.462. The highest BCUT2D eigenvalue weighted by atomic mass is 35.5. The molecule has 1 aromatic carbocycles. The van der Waals surface area contributed by atoms with Crippen LogP contribution in [0.2, 0.25) is 5.02 Å². The monoisotopic (exact) mass is 263 g/mol. The van der Waals surface area contributed by atoms with Crippen LogP contribution < -0.4 is 0 Å². The Morgan fingerprint density at radius 2 is 2.17 bits per heavy atom. The fourth-order valence-electron chi connectivity index (χ4n) is 1.67. The first kappa shape index (κ1) is 12.7. The fraction of sp³-hybridized carbons (Fsp3) is 0.143. The van der Waals surface area contributed by atoms with Crippen molar-refractivity contribution in [2.24, 2.45) is 0 Å². The van der Waals surface area contributed by atoms with Crippen molar-refractivity contribution in [2.75, 3.05) is 0 Å². The Kier molecular flexibility index (Phi) is 3.72. The minimum absolute atomic E-state index is 0.0589. The molecule has 0 aliphatic rings. The van der Waals surface area contributed by atoms with E-state index >= 15 is 0 Å². The van der Waals surface area contributed by atoms with Crippen LogP contribution in [0.1, 0.15) is 21.5 Å². The summed E-state index contributed by atoms with van der Waals surface area (Å²) >= 11 is 5.88. The molecule has 0 fully saturated rings. The summed E-state index contributed by atoms with van der Waals surface area (Å²) in [6, 6.07) is 6.11. The molecule has 0 spiro atoms. The second kappa shape index (κ2) is 5.27. The van der Waals surface area contributed by atoms with E-state index in [2.05, 4.69) is 4.98 Å². The van der Waals surface area contributed by atoms with Gasteiger partial charge in [0.25, 0.3) is 0 Å². The molecule has 2 rings (SSSR count). The second-order valence-electron chi connectivity index (χ2n) is 4.05. The van der Waals surface area contributed by atoms with Gasteiger partial charge in [-0.1, -0.05) is 17.7 Å². The van der Waals surface area contributed by atoms with E-state index in [1.54, 1.807) is 18.3 Å². The lowest BCUT2D eigenvalue weighted by Crippen LogP contribution is -2.06. The number of aryl methyl sites for hydroxylation is 1. The van der Waals surface area contributed by atoms with Gasteiger partial charge >= 0.3 is 0 Å². The Labute approximate surface area is 109 Å². The summed E-state index contributed by atoms with van der Waals surface area (Å²) in [4.78, 5) is 15.9. The number of rotatable bonds is 3. The first-order valence-corrected chi connectivity index (χ1v) is 5.83. The van der Waals surface area contributed by atoms with Gasteiger partial charge < -0.3 is 0 Å². The average Bonchev–Trinajstić information content (AvgIpc) is 2.34. The third-order valence-corrected chi connectivity index (χ3v) is 2.95. The maximum atomic E-state index is 13.6. The Balaban J connectivity index is 2.27. The molecule has 0 aliphatic heterocycles. The molecule has 0 N–H and O–H groups in total. The fourth-order valence-corrected chi connectivity index (χ4v) is 1.90. The highest BCUT2D eigenvalue weighted by molar-refractivity contribution is 6.31. The van der Waals surface area contributed by atoms with E-state index in [1.807, 2.05) is 6.92 Å². The SMILES string of the molecule is Cc1cncc(C(=O)Cc2c(F)cccc2Cl)c1. The van der Waals surface area contributed by atoms with Crippen molar-refractivity contribution in [1.82, 2.24) is 4.98 Å². The van der Waals surface area contributed by atoms with Crippen molar-refractivity contribution in [3.05, 3.63) is 64.2 Å². The van der Waals surface area contributed by atoms with Gasteiger partial charge in [0.2, 0.25) is 0 Å². The van der Waals surface area contributed by atoms with Crippen molar-refractivity contribution in [3.8, 4) is 0 Å². The van der Waals surface area contributed by atoms with Crippen LogP contribution in [0.5, 0.6) is 0 Å². The summed E-state index contributed by atoms with van der Waals surface area (Å²) in [6.45, 7) is 1.85. The molecular formula is C14H11ClFNO. The van der Waals surface area contributed by atoms with Crippen LogP contribution in [0.25, 0.3) is 0 Å². The van der Waals surface area contributed by atoms with Gasteiger partial charge in [-0.3, -0.25) is 9.78 Å². The molecule has 0 aliphatic carbocycles. The van der Waals surface area contributed by atoms with Gasteiger partial charge in [-0.25, -0.2) is 4.39 Å². The van der Waals surface area contributed by atoms with Crippen LogP contribution >= 0.6 is 11.6 Å². The van der Waals surface area contributed by atoms with Crippen molar-refractivity contribution >= 4 is 17.4 Å². The van der Waals surface area contributed by atoms with Crippen molar-refractivity contribution in [2.45, 2.75) is 13.3 Å². The Morgan fingerprint density at radius 1 is 1.39 bits per heavy atom. The van der Waals surface area contributed by atoms with Crippen molar-refractivity contribution < 1.29 is 9.18 Å². The maximum absolute atomic E-state index is 13.6. The summed E-state index contributed by atoms with van der Waals surface area (Å²) in [5.74, 6) is -0.658. The van der Waals surface area contributed by atoms with Gasteiger partial charge in [-0.2, -0.15) is 0 Å². The second-order valence-corrected chi connectivity index (χ2v) is 4.46. The van der Waals surface area contributed by atoms with Crippen molar-refractivity contribution in [1.29, 1.82) is 0 Å². The molecule has 0 radical (unpaired) electrons. The zero-order chi connectivity index (χ0) is 13.1. The molecule has 0 atom stereocenters. The number of benzene rings is 1. The van der Waals surface area contributed by atoms with Crippen LogP contribution in [0.4, 0.5) is 4.39 Å². The number of nitrogens with zero attached hydrogens (tertiary/aromatic N) is 1. The third-order valence-electron chi connectivity index (χ3n) is 2.60. The largest absolute Gasteiger partial charge is 0.294 e. The molecule has 1 aromatic heterocycles. The molecule has 2 nitrogen and oxygen atoms in total. The number of carbonyl (C=O) groups excluding carboxylic acids is 1. The quantitative estimate of drug-likeness (QED) is 0.792. The zero-order valence-electron chi connectivity index (χ0n) is 9.78. The summed E-state index contributed by atoms with van der Waals surface area (Å²) < 4.78 is 13.6. The number of Topliss-reactive ketones (excluding diaryl/α,β-unsaturated/α-hetero) is 1. The molecule has 92 valence electrons. The lowest BCUT2D eigenvalue weighted by Gasteiger charge is -2.05. The zero-order valence-corrected chi connectivity index (χ0v) is 10.5. The predicted molar refractivity (Wildman–Crippen MR) is 68.4 cm³/mol. The van der Waals surface area contributed by atoms with Gasteiger partial charge in [-0.05, 0) is 30.7 Å². The first-order valence-electron chi connectivity index (χ1n) is 5.45. The van der Waals surface area contributed by atoms with Gasteiger partial charge in [-0.15, -0.1) is 0 Å². The number of ketones is 1. The Bertz CT molecular complexity index is 578. The number of carbonyl (C=O) groups is 1. The highest BCUT2D eigenvalue weighted by Gasteiger charge is 2.13. The molecule has 0 saturated heterocycles. The van der Waals surface area contributed by atoms with Gasteiger partial charge in [0, 0.05) is 35.0 Å². The van der Waals surface area contributed by atoms with E-state index in [1.165, 1.54) is 18.3 Å². The molecule has 1 heterocycles. The maximum Gasteiger partial charge on any atom is 0.168 e. The topological polar surface area (TPSA) is 30.0 Å². The predicted octanol–water partition coefficient (Wildman–Crippen LogP) is 3.61. The molecular weight excluding hydrogens is 253 g/mol. The number of halogens is 2. The summed E-state index contributed by atoms with van der Waals surface area (Å²) in [5, 5.41) is 0.268. The van der Waals surface area contributed by atoms with Gasteiger partial charge in [0.1, 0.15) is 5.82 Å². The molecule has 4 heteroatoms. The van der Waals surface area contributed by atoms with E-state index in [0.29, 0.717) is 5.56 Å². The number of hydrogen-bond donors (Lipinski definition) is 0. The van der Waals surface area contributed by atoms with Gasteiger partial charge in [0.15, 0.2) is 5.78 Å². The molecule has 18 heavy (non-hydrogen) atoms. The van der Waals surface area contributed by atoms with Crippen LogP contribution in [-0.2, 0) is 6.42 Å². The van der Waals surface area contributed by atoms with E-state index in [4.69, 9.17) is 11.6 Å². The average molecular weight is 264 g/mol. The standard InChI is InChI=1S/C14H11ClFNO/c1-9-5-10(8-17-7-9)14(18)6-11-12(15)3-2-4-13(11)16/h2-5,7-8H,6H2,1H3. The van der Waals surface area contributed by atoms with E-state index in [9.17, 15) is 9.18 Å². The highest BCUT2D eigenvalue weighted by Crippen LogP contribution is 2.20. The lowest BCUT2D eigenvalue weighted by molar-refractivity contribution is 0.0991. The van der Waals surface area contributed by atoms with Crippen LogP contribution in [0.15, 0.2) is 36.7 Å². The smallest absolute Gasteiger partial charge is 0.168 e. The first-order chi connectivity index (χ1) is 8.58. The normalized spacial score (nSPS) is 10.4. The van der Waals surface area contributed by atoms with E-state index in [-0.39, 0.29) is 22.8 Å². The Morgan fingerprint density at radius 3 is 2.83 bits per heavy atom. The lowest BCUT2D eigenvalue weighted by atomic mass is 10.0. The number of hydrogen-bond acceptors (Lipinski definition) is 2. The molecule has 0 amide bonds. The summed E-state index contributed by atoms with van der Waals surface area (Å²) in [6.07, 6.45) is 3.08. The Hall–Kier alpha value is -1.74. The molecule has 0 bridgehead atoms. The third kappa shape index (κ3) is 2.74. The van der Waals surface area contributed by atoms with Crippen LogP contribution in [-0.4, -0.2) is 10.8 Å². The van der Waals surface area contributed by atoms with Crippen molar-refractivity contribution in [3.63, 3.8) is 0 Å². The van der Waals surface area contributed by atoms with E-state index in [0.717, 1.165) is 5.56 Å². The summed E-state index contributed by atoms with van der Waals surface area (Å²) in [5.41, 5.74) is 1.58. The van der Waals surface area contributed by atoms with E-state index < -0.39 is 5.82 Å². The molecule has 0 saturated carbocycles. The van der Waals surface area contributed by atoms with Crippen LogP contribution in [0, 0.1) is 12.7 Å². The molecule has 0 unspecified atom stereocenters. The molecule has 2 aromatic rings. The number of aromatic nitrogens is 1. The number of pyridine rings is 1. The van der Waals surface area contributed by atoms with Gasteiger partial charge in [0.05, 0.1) is 0 Å². The minimum Gasteiger partial charge on any atom is -0.294 e. The van der Waals surface area contributed by atoms with Crippen LogP contribution in [0.3, 0.4) is 0 Å². The summed E-state index contributed by atoms with van der Waals surface area (Å²) in [7, 11) is 0.